The normalized spacial score (nSPS) is 14.6. The van der Waals surface area contributed by atoms with Gasteiger partial charge in [0.15, 0.2) is 0 Å². The minimum absolute atomic E-state index is 0.0726. The number of hydrogen-bond donors (Lipinski definition) is 2. The summed E-state index contributed by atoms with van der Waals surface area (Å²) in [6.07, 6.45) is 1.63. The second-order valence-electron chi connectivity index (χ2n) is 6.17. The van der Waals surface area contributed by atoms with Crippen molar-refractivity contribution in [2.75, 3.05) is 13.1 Å². The van der Waals surface area contributed by atoms with Crippen LogP contribution in [0.1, 0.15) is 33.6 Å². The molecular weight excluding hydrogens is 392 g/mol. The van der Waals surface area contributed by atoms with E-state index in [-0.39, 0.29) is 10.5 Å². The average Bonchev–Trinajstić information content (AvgIpc) is 3.21. The van der Waals surface area contributed by atoms with E-state index < -0.39 is 39.0 Å². The molecule has 0 aliphatic carbocycles. The summed E-state index contributed by atoms with van der Waals surface area (Å²) >= 11 is 0. The second-order valence-corrected chi connectivity index (χ2v) is 8.11. The van der Waals surface area contributed by atoms with Gasteiger partial charge in [-0.15, -0.1) is 0 Å². The first-order valence-corrected chi connectivity index (χ1v) is 9.89. The molecule has 148 valence electrons. The van der Waals surface area contributed by atoms with Crippen LogP contribution in [0.2, 0.25) is 0 Å². The van der Waals surface area contributed by atoms with Gasteiger partial charge in [0.2, 0.25) is 10.0 Å². The molecule has 2 aromatic rings. The van der Waals surface area contributed by atoms with E-state index in [0.29, 0.717) is 19.2 Å². The van der Waals surface area contributed by atoms with Crippen molar-refractivity contribution < 1.29 is 26.8 Å². The van der Waals surface area contributed by atoms with Gasteiger partial charge < -0.3 is 0 Å². The van der Waals surface area contributed by atoms with Crippen LogP contribution in [-0.4, -0.2) is 37.6 Å². The molecule has 0 saturated carbocycles. The van der Waals surface area contributed by atoms with Crippen LogP contribution in [0, 0.1) is 11.6 Å². The van der Waals surface area contributed by atoms with E-state index in [4.69, 9.17) is 0 Å². The number of hydrazine groups is 1. The molecule has 1 aliphatic rings. The minimum atomic E-state index is -3.59. The number of nitrogens with zero attached hydrogens (tertiary/aromatic N) is 1. The Hall–Kier alpha value is -2.85. The Labute approximate surface area is 160 Å². The fourth-order valence-corrected chi connectivity index (χ4v) is 4.30. The molecule has 0 spiro atoms. The summed E-state index contributed by atoms with van der Waals surface area (Å²) in [5.74, 6) is -3.58. The van der Waals surface area contributed by atoms with Crippen LogP contribution in [0.5, 0.6) is 0 Å². The molecule has 7 nitrogen and oxygen atoms in total. The highest BCUT2D eigenvalue weighted by atomic mass is 32.2. The third kappa shape index (κ3) is 4.18. The zero-order valence-corrected chi connectivity index (χ0v) is 15.4. The second kappa shape index (κ2) is 8.03. The first kappa shape index (κ1) is 19.9. The van der Waals surface area contributed by atoms with Crippen LogP contribution in [0.3, 0.4) is 0 Å². The van der Waals surface area contributed by atoms with Crippen LogP contribution >= 0.6 is 0 Å². The highest BCUT2D eigenvalue weighted by molar-refractivity contribution is 7.89. The van der Waals surface area contributed by atoms with Gasteiger partial charge in [-0.3, -0.25) is 20.4 Å². The van der Waals surface area contributed by atoms with E-state index in [1.54, 1.807) is 0 Å². The third-order valence-corrected chi connectivity index (χ3v) is 6.20. The standard InChI is InChI=1S/C18H17F2N3O4S/c19-13-5-8-15(16(20)11-13)18(25)22-21-17(24)12-3-6-14(7-4-12)28(26,27)23-9-1-2-10-23/h3-8,11H,1-2,9-10H2,(H,21,24)(H,22,25). The Bertz CT molecular complexity index is 1000. The molecule has 0 atom stereocenters. The predicted molar refractivity (Wildman–Crippen MR) is 95.7 cm³/mol. The van der Waals surface area contributed by atoms with E-state index in [0.717, 1.165) is 25.0 Å². The topological polar surface area (TPSA) is 95.6 Å². The van der Waals surface area contributed by atoms with Crippen molar-refractivity contribution in [3.05, 3.63) is 65.2 Å². The van der Waals surface area contributed by atoms with Crippen molar-refractivity contribution in [3.63, 3.8) is 0 Å². The van der Waals surface area contributed by atoms with E-state index in [9.17, 15) is 26.8 Å². The maximum Gasteiger partial charge on any atom is 0.272 e. The van der Waals surface area contributed by atoms with Crippen LogP contribution < -0.4 is 10.9 Å². The number of benzene rings is 2. The smallest absolute Gasteiger partial charge is 0.267 e. The number of halogens is 2. The molecule has 2 N–H and O–H groups in total. The molecule has 1 aliphatic heterocycles. The summed E-state index contributed by atoms with van der Waals surface area (Å²) in [6.45, 7) is 0.938. The van der Waals surface area contributed by atoms with Gasteiger partial charge in [0.25, 0.3) is 11.8 Å². The van der Waals surface area contributed by atoms with Gasteiger partial charge in [-0.05, 0) is 49.2 Å². The van der Waals surface area contributed by atoms with Gasteiger partial charge in [0.1, 0.15) is 11.6 Å². The van der Waals surface area contributed by atoms with E-state index in [1.807, 2.05) is 5.43 Å². The number of rotatable bonds is 4. The fraction of sp³-hybridized carbons (Fsp3) is 0.222. The summed E-state index contributed by atoms with van der Waals surface area (Å²) in [4.78, 5) is 24.0. The molecule has 2 amide bonds. The monoisotopic (exact) mass is 409 g/mol. The highest BCUT2D eigenvalue weighted by Crippen LogP contribution is 2.21. The number of hydrogen-bond acceptors (Lipinski definition) is 4. The van der Waals surface area contributed by atoms with E-state index >= 15 is 0 Å². The molecule has 1 heterocycles. The van der Waals surface area contributed by atoms with Gasteiger partial charge in [-0.25, -0.2) is 17.2 Å². The molecule has 1 fully saturated rings. The van der Waals surface area contributed by atoms with Crippen molar-refractivity contribution in [1.82, 2.24) is 15.2 Å². The zero-order valence-electron chi connectivity index (χ0n) is 14.6. The molecule has 1 saturated heterocycles. The quantitative estimate of drug-likeness (QED) is 0.753. The van der Waals surface area contributed by atoms with Crippen molar-refractivity contribution >= 4 is 21.8 Å². The first-order valence-electron chi connectivity index (χ1n) is 8.45. The van der Waals surface area contributed by atoms with Gasteiger partial charge in [-0.2, -0.15) is 4.31 Å². The first-order chi connectivity index (χ1) is 13.3. The SMILES string of the molecule is O=C(NNC(=O)c1ccc(F)cc1F)c1ccc(S(=O)(=O)N2CCCC2)cc1. The van der Waals surface area contributed by atoms with Crippen LogP contribution in [0.25, 0.3) is 0 Å². The minimum Gasteiger partial charge on any atom is -0.267 e. The third-order valence-electron chi connectivity index (χ3n) is 4.28. The lowest BCUT2D eigenvalue weighted by Crippen LogP contribution is -2.42. The molecule has 0 bridgehead atoms. The Morgan fingerprint density at radius 2 is 1.50 bits per heavy atom. The molecule has 10 heteroatoms. The molecular formula is C18H17F2N3O4S. The Morgan fingerprint density at radius 1 is 0.893 bits per heavy atom. The fourth-order valence-electron chi connectivity index (χ4n) is 2.78. The summed E-state index contributed by atoms with van der Waals surface area (Å²) < 4.78 is 52.7. The molecule has 0 unspecified atom stereocenters. The van der Waals surface area contributed by atoms with E-state index in [2.05, 4.69) is 5.43 Å². The maximum absolute atomic E-state index is 13.6. The van der Waals surface area contributed by atoms with Crippen LogP contribution in [0.15, 0.2) is 47.4 Å². The van der Waals surface area contributed by atoms with E-state index in [1.165, 1.54) is 28.6 Å². The molecule has 28 heavy (non-hydrogen) atoms. The van der Waals surface area contributed by atoms with Crippen molar-refractivity contribution in [1.29, 1.82) is 0 Å². The summed E-state index contributed by atoms with van der Waals surface area (Å²) in [7, 11) is -3.59. The maximum atomic E-state index is 13.6. The summed E-state index contributed by atoms with van der Waals surface area (Å²) in [5, 5.41) is 0. The number of nitrogens with one attached hydrogen (secondary N) is 2. The molecule has 3 rings (SSSR count). The number of sulfonamides is 1. The van der Waals surface area contributed by atoms with Gasteiger partial charge in [-0.1, -0.05) is 0 Å². The van der Waals surface area contributed by atoms with Crippen LogP contribution in [-0.2, 0) is 10.0 Å². The Balaban J connectivity index is 1.64. The van der Waals surface area contributed by atoms with Gasteiger partial charge >= 0.3 is 0 Å². The summed E-state index contributed by atoms with van der Waals surface area (Å²) in [6, 6.07) is 7.65. The molecule has 2 aromatic carbocycles. The largest absolute Gasteiger partial charge is 0.272 e. The number of carbonyl (C=O) groups excluding carboxylic acids is 2. The predicted octanol–water partition coefficient (Wildman–Crippen LogP) is 1.82. The number of carbonyl (C=O) groups is 2. The molecule has 0 radical (unpaired) electrons. The van der Waals surface area contributed by atoms with Crippen molar-refractivity contribution in [3.8, 4) is 0 Å². The highest BCUT2D eigenvalue weighted by Gasteiger charge is 2.27. The van der Waals surface area contributed by atoms with Crippen molar-refractivity contribution in [2.24, 2.45) is 0 Å². The lowest BCUT2D eigenvalue weighted by Gasteiger charge is -2.15. The average molecular weight is 409 g/mol. The lowest BCUT2D eigenvalue weighted by molar-refractivity contribution is 0.0844. The summed E-state index contributed by atoms with van der Waals surface area (Å²) in [5.41, 5.74) is 3.77. The van der Waals surface area contributed by atoms with Crippen molar-refractivity contribution in [2.45, 2.75) is 17.7 Å². The van der Waals surface area contributed by atoms with Gasteiger partial charge in [0.05, 0.1) is 10.5 Å². The number of amides is 2. The lowest BCUT2D eigenvalue weighted by atomic mass is 10.2. The zero-order chi connectivity index (χ0) is 20.3. The van der Waals surface area contributed by atoms with Crippen LogP contribution in [0.4, 0.5) is 8.78 Å². The Morgan fingerprint density at radius 3 is 2.11 bits per heavy atom. The molecule has 0 aromatic heterocycles. The Kier molecular flexibility index (Phi) is 5.71. The van der Waals surface area contributed by atoms with Gasteiger partial charge in [0, 0.05) is 24.7 Å².